The third kappa shape index (κ3) is 2.01. The number of ether oxygens (including phenoxy) is 1. The molecule has 0 aromatic heterocycles. The summed E-state index contributed by atoms with van der Waals surface area (Å²) in [6, 6.07) is 1.24. The molecule has 1 aliphatic rings. The second-order valence-electron chi connectivity index (χ2n) is 2.49. The summed E-state index contributed by atoms with van der Waals surface area (Å²) < 4.78 is 4.71. The predicted octanol–water partition coefficient (Wildman–Crippen LogP) is -0.360. The Morgan fingerprint density at radius 1 is 1.71 bits per heavy atom. The molecule has 0 atom stereocenters. The molecule has 0 bridgehead atoms. The van der Waals surface area contributed by atoms with Gasteiger partial charge in [-0.25, -0.2) is 9.59 Å². The molecule has 2 amide bonds. The first-order chi connectivity index (χ1) is 6.69. The van der Waals surface area contributed by atoms with Gasteiger partial charge in [0.2, 0.25) is 0 Å². The quantitative estimate of drug-likeness (QED) is 0.588. The van der Waals surface area contributed by atoms with Crippen molar-refractivity contribution in [1.29, 1.82) is 5.26 Å². The zero-order valence-corrected chi connectivity index (χ0v) is 7.59. The van der Waals surface area contributed by atoms with E-state index in [-0.39, 0.29) is 24.4 Å². The van der Waals surface area contributed by atoms with Gasteiger partial charge in [-0.05, 0) is 6.92 Å². The molecule has 1 heterocycles. The predicted molar refractivity (Wildman–Crippen MR) is 45.8 cm³/mol. The number of nitriles is 1. The summed E-state index contributed by atoms with van der Waals surface area (Å²) in [6.45, 7) is 1.92. The molecule has 6 heteroatoms. The van der Waals surface area contributed by atoms with E-state index >= 15 is 0 Å². The van der Waals surface area contributed by atoms with Crippen molar-refractivity contribution in [2.24, 2.45) is 0 Å². The van der Waals surface area contributed by atoms with E-state index in [1.165, 1.54) is 0 Å². The van der Waals surface area contributed by atoms with Crippen LogP contribution in [0.1, 0.15) is 6.92 Å². The average Bonchev–Trinajstić information content (AvgIpc) is 2.17. The van der Waals surface area contributed by atoms with E-state index in [0.717, 1.165) is 0 Å². The minimum Gasteiger partial charge on any atom is -0.463 e. The Morgan fingerprint density at radius 3 is 3.00 bits per heavy atom. The van der Waals surface area contributed by atoms with Crippen molar-refractivity contribution < 1.29 is 14.3 Å². The molecule has 0 unspecified atom stereocenters. The van der Waals surface area contributed by atoms with Crippen LogP contribution >= 0.6 is 0 Å². The molecule has 6 nitrogen and oxygen atoms in total. The minimum atomic E-state index is -0.587. The molecular formula is C8H9N3O3. The van der Waals surface area contributed by atoms with Crippen molar-refractivity contribution >= 4 is 12.0 Å². The Kier molecular flexibility index (Phi) is 3.07. The van der Waals surface area contributed by atoms with Crippen LogP contribution in [0.2, 0.25) is 0 Å². The Balaban J connectivity index is 2.88. The van der Waals surface area contributed by atoms with Crippen LogP contribution in [0.25, 0.3) is 0 Å². The number of urea groups is 1. The molecular weight excluding hydrogens is 186 g/mol. The molecule has 0 aliphatic carbocycles. The molecule has 0 aromatic rings. The topological polar surface area (TPSA) is 91.2 Å². The highest BCUT2D eigenvalue weighted by atomic mass is 16.5. The van der Waals surface area contributed by atoms with Crippen molar-refractivity contribution in [2.75, 3.05) is 13.2 Å². The maximum absolute atomic E-state index is 11.3. The second kappa shape index (κ2) is 4.28. The van der Waals surface area contributed by atoms with E-state index in [0.29, 0.717) is 0 Å². The van der Waals surface area contributed by atoms with Crippen LogP contribution in [0.4, 0.5) is 4.79 Å². The van der Waals surface area contributed by atoms with E-state index in [1.54, 1.807) is 13.0 Å². The molecule has 0 fully saturated rings. The Labute approximate surface area is 80.5 Å². The van der Waals surface area contributed by atoms with Crippen molar-refractivity contribution in [2.45, 2.75) is 6.92 Å². The summed E-state index contributed by atoms with van der Waals surface area (Å²) in [5.74, 6) is -0.587. The van der Waals surface area contributed by atoms with E-state index in [9.17, 15) is 9.59 Å². The van der Waals surface area contributed by atoms with E-state index < -0.39 is 12.0 Å². The van der Waals surface area contributed by atoms with Crippen molar-refractivity contribution in [1.82, 2.24) is 10.6 Å². The highest BCUT2D eigenvalue weighted by Gasteiger charge is 2.23. The first-order valence-electron chi connectivity index (χ1n) is 4.04. The number of hydrogen-bond donors (Lipinski definition) is 2. The molecule has 2 N–H and O–H groups in total. The monoisotopic (exact) mass is 195 g/mol. The lowest BCUT2D eigenvalue weighted by Crippen LogP contribution is -2.43. The summed E-state index contributed by atoms with van der Waals surface area (Å²) in [5.41, 5.74) is 0.0983. The summed E-state index contributed by atoms with van der Waals surface area (Å²) >= 11 is 0. The number of nitrogens with one attached hydrogen (secondary N) is 2. The minimum absolute atomic E-state index is 0.0214. The fourth-order valence-electron chi connectivity index (χ4n) is 0.978. The van der Waals surface area contributed by atoms with Crippen molar-refractivity contribution in [3.63, 3.8) is 0 Å². The van der Waals surface area contributed by atoms with Crippen LogP contribution in [0.3, 0.4) is 0 Å². The molecule has 0 aromatic carbocycles. The number of carbonyl (C=O) groups is 2. The molecule has 14 heavy (non-hydrogen) atoms. The number of carbonyl (C=O) groups excluding carboxylic acids is 2. The van der Waals surface area contributed by atoms with Gasteiger partial charge in [-0.2, -0.15) is 5.26 Å². The third-order valence-electron chi connectivity index (χ3n) is 1.60. The summed E-state index contributed by atoms with van der Waals surface area (Å²) in [5, 5.41) is 13.2. The van der Waals surface area contributed by atoms with E-state index in [2.05, 4.69) is 10.6 Å². The SMILES string of the molecule is CCOC(=O)C1=C(C#N)NC(=O)NC1. The zero-order chi connectivity index (χ0) is 10.6. The molecule has 74 valence electrons. The van der Waals surface area contributed by atoms with Gasteiger partial charge in [-0.1, -0.05) is 0 Å². The smallest absolute Gasteiger partial charge is 0.338 e. The molecule has 0 radical (unpaired) electrons. The number of allylic oxidation sites excluding steroid dienone is 1. The average molecular weight is 195 g/mol. The van der Waals surface area contributed by atoms with E-state index in [4.69, 9.17) is 10.00 Å². The highest BCUT2D eigenvalue weighted by molar-refractivity contribution is 5.94. The van der Waals surface area contributed by atoms with Gasteiger partial charge in [0.25, 0.3) is 0 Å². The Bertz CT molecular complexity index is 340. The molecule has 1 aliphatic heterocycles. The lowest BCUT2D eigenvalue weighted by Gasteiger charge is -2.16. The van der Waals surface area contributed by atoms with Gasteiger partial charge in [0.15, 0.2) is 0 Å². The molecule has 0 saturated heterocycles. The largest absolute Gasteiger partial charge is 0.463 e. The van der Waals surface area contributed by atoms with Crippen LogP contribution in [-0.4, -0.2) is 25.2 Å². The number of hydrogen-bond acceptors (Lipinski definition) is 4. The molecule has 0 spiro atoms. The van der Waals surface area contributed by atoms with Gasteiger partial charge in [0, 0.05) is 0 Å². The van der Waals surface area contributed by atoms with Crippen molar-refractivity contribution in [3.05, 3.63) is 11.3 Å². The molecule has 0 saturated carbocycles. The normalized spacial score (nSPS) is 15.3. The summed E-state index contributed by atoms with van der Waals surface area (Å²) in [4.78, 5) is 22.1. The summed E-state index contributed by atoms with van der Waals surface area (Å²) in [6.07, 6.45) is 0. The van der Waals surface area contributed by atoms with Crippen LogP contribution in [-0.2, 0) is 9.53 Å². The first kappa shape index (κ1) is 10.1. The maximum atomic E-state index is 11.3. The number of rotatable bonds is 2. The maximum Gasteiger partial charge on any atom is 0.338 e. The van der Waals surface area contributed by atoms with Gasteiger partial charge in [0.1, 0.15) is 11.8 Å². The Hall–Kier alpha value is -2.03. The van der Waals surface area contributed by atoms with Crippen LogP contribution < -0.4 is 10.6 Å². The van der Waals surface area contributed by atoms with Crippen molar-refractivity contribution in [3.8, 4) is 6.07 Å². The van der Waals surface area contributed by atoms with E-state index in [1.807, 2.05) is 0 Å². The fraction of sp³-hybridized carbons (Fsp3) is 0.375. The number of amides is 2. The van der Waals surface area contributed by atoms with Gasteiger partial charge in [0.05, 0.1) is 18.7 Å². The lowest BCUT2D eigenvalue weighted by molar-refractivity contribution is -0.138. The lowest BCUT2D eigenvalue weighted by atomic mass is 10.2. The van der Waals surface area contributed by atoms with Gasteiger partial charge >= 0.3 is 12.0 Å². The zero-order valence-electron chi connectivity index (χ0n) is 7.59. The number of esters is 1. The standard InChI is InChI=1S/C8H9N3O3/c1-2-14-7(12)5-4-10-8(13)11-6(5)3-9/h2,4H2,1H3,(H2,10,11,13). The van der Waals surface area contributed by atoms with Gasteiger partial charge in [-0.3, -0.25) is 5.32 Å². The van der Waals surface area contributed by atoms with Crippen LogP contribution in [0.5, 0.6) is 0 Å². The second-order valence-corrected chi connectivity index (χ2v) is 2.49. The van der Waals surface area contributed by atoms with Gasteiger partial charge < -0.3 is 10.1 Å². The highest BCUT2D eigenvalue weighted by Crippen LogP contribution is 2.06. The van der Waals surface area contributed by atoms with Crippen LogP contribution in [0.15, 0.2) is 11.3 Å². The third-order valence-corrected chi connectivity index (χ3v) is 1.60. The fourth-order valence-corrected chi connectivity index (χ4v) is 0.978. The van der Waals surface area contributed by atoms with Crippen LogP contribution in [0, 0.1) is 11.3 Å². The summed E-state index contributed by atoms with van der Waals surface area (Å²) in [7, 11) is 0. The Morgan fingerprint density at radius 2 is 2.43 bits per heavy atom. The first-order valence-corrected chi connectivity index (χ1v) is 4.04. The molecule has 1 rings (SSSR count). The van der Waals surface area contributed by atoms with Gasteiger partial charge in [-0.15, -0.1) is 0 Å². The number of nitrogens with zero attached hydrogens (tertiary/aromatic N) is 1.